The average Bonchev–Trinajstić information content (AvgIpc) is 2.28. The number of aromatic nitrogens is 2. The van der Waals surface area contributed by atoms with Crippen molar-refractivity contribution in [1.82, 2.24) is 9.97 Å². The van der Waals surface area contributed by atoms with Crippen molar-refractivity contribution in [2.24, 2.45) is 5.84 Å². The first-order valence-corrected chi connectivity index (χ1v) is 5.33. The lowest BCUT2D eigenvalue weighted by molar-refractivity contribution is 0.156. The summed E-state index contributed by atoms with van der Waals surface area (Å²) in [4.78, 5) is 9.81. The number of nitrogen functional groups attached to an aromatic ring is 1. The molecular formula is C10H17F2N5. The van der Waals surface area contributed by atoms with Crippen LogP contribution in [0.3, 0.4) is 0 Å². The number of hydrazine groups is 1. The molecule has 1 rings (SSSR count). The molecule has 0 radical (unpaired) electrons. The zero-order valence-corrected chi connectivity index (χ0v) is 10.2. The Kier molecular flexibility index (Phi) is 4.56. The number of hydrogen-bond donors (Lipinski definition) is 2. The third-order valence-corrected chi connectivity index (χ3v) is 2.39. The van der Waals surface area contributed by atoms with Crippen molar-refractivity contribution >= 4 is 11.6 Å². The Morgan fingerprint density at radius 2 is 2.06 bits per heavy atom. The minimum absolute atomic E-state index is 0.370. The highest BCUT2D eigenvalue weighted by molar-refractivity contribution is 5.57. The van der Waals surface area contributed by atoms with Crippen LogP contribution in [0.25, 0.3) is 0 Å². The predicted molar refractivity (Wildman–Crippen MR) is 63.2 cm³/mol. The molecule has 0 bridgehead atoms. The van der Waals surface area contributed by atoms with Gasteiger partial charge >= 0.3 is 0 Å². The lowest BCUT2D eigenvalue weighted by atomic mass is 10.2. The smallest absolute Gasteiger partial charge is 0.255 e. The van der Waals surface area contributed by atoms with Gasteiger partial charge in [0.2, 0.25) is 0 Å². The largest absolute Gasteiger partial charge is 0.354 e. The fraction of sp³-hybridized carbons (Fsp3) is 0.600. The molecule has 1 heterocycles. The van der Waals surface area contributed by atoms with Crippen LogP contribution in [-0.4, -0.2) is 30.0 Å². The first kappa shape index (κ1) is 13.6. The molecule has 0 spiro atoms. The van der Waals surface area contributed by atoms with Crippen molar-refractivity contribution in [2.75, 3.05) is 23.9 Å². The third kappa shape index (κ3) is 3.23. The van der Waals surface area contributed by atoms with Gasteiger partial charge in [0, 0.05) is 19.0 Å². The molecule has 0 saturated heterocycles. The van der Waals surface area contributed by atoms with E-state index in [-0.39, 0.29) is 6.54 Å². The summed E-state index contributed by atoms with van der Waals surface area (Å²) in [6, 6.07) is 0. The SMILES string of the molecule is CCc1nc(NN)c(C)c(N(C)CC(F)F)n1. The zero-order valence-electron chi connectivity index (χ0n) is 10.2. The van der Waals surface area contributed by atoms with Gasteiger partial charge < -0.3 is 10.3 Å². The van der Waals surface area contributed by atoms with Gasteiger partial charge in [-0.25, -0.2) is 24.6 Å². The predicted octanol–water partition coefficient (Wildman–Crippen LogP) is 1.33. The summed E-state index contributed by atoms with van der Waals surface area (Å²) >= 11 is 0. The molecule has 0 aliphatic rings. The van der Waals surface area contributed by atoms with E-state index < -0.39 is 6.43 Å². The van der Waals surface area contributed by atoms with Gasteiger partial charge in [-0.3, -0.25) is 0 Å². The monoisotopic (exact) mass is 245 g/mol. The molecule has 5 nitrogen and oxygen atoms in total. The molecule has 17 heavy (non-hydrogen) atoms. The van der Waals surface area contributed by atoms with Crippen LogP contribution in [-0.2, 0) is 6.42 Å². The minimum Gasteiger partial charge on any atom is -0.354 e. The highest BCUT2D eigenvalue weighted by Gasteiger charge is 2.16. The highest BCUT2D eigenvalue weighted by atomic mass is 19.3. The normalized spacial score (nSPS) is 10.8. The number of anilines is 2. The quantitative estimate of drug-likeness (QED) is 0.605. The Morgan fingerprint density at radius 1 is 1.41 bits per heavy atom. The maximum atomic E-state index is 12.3. The van der Waals surface area contributed by atoms with E-state index in [1.165, 1.54) is 4.90 Å². The summed E-state index contributed by atoms with van der Waals surface area (Å²) in [6.45, 7) is 3.26. The lowest BCUT2D eigenvalue weighted by Gasteiger charge is -2.21. The second-order valence-corrected chi connectivity index (χ2v) is 3.71. The molecule has 7 heteroatoms. The Bertz CT molecular complexity index is 383. The minimum atomic E-state index is -2.41. The van der Waals surface area contributed by atoms with Gasteiger partial charge in [-0.15, -0.1) is 0 Å². The standard InChI is InChI=1S/C10H17F2N5/c1-4-8-14-9(16-13)6(2)10(15-8)17(3)5-7(11)12/h7H,4-5,13H2,1-3H3,(H,14,15,16). The van der Waals surface area contributed by atoms with E-state index in [1.54, 1.807) is 14.0 Å². The molecule has 1 aromatic rings. The van der Waals surface area contributed by atoms with E-state index >= 15 is 0 Å². The van der Waals surface area contributed by atoms with Gasteiger partial charge in [0.1, 0.15) is 17.5 Å². The van der Waals surface area contributed by atoms with E-state index in [2.05, 4.69) is 15.4 Å². The molecule has 0 fully saturated rings. The van der Waals surface area contributed by atoms with Crippen molar-refractivity contribution in [2.45, 2.75) is 26.7 Å². The maximum absolute atomic E-state index is 12.3. The number of rotatable bonds is 5. The van der Waals surface area contributed by atoms with E-state index in [0.29, 0.717) is 29.4 Å². The van der Waals surface area contributed by atoms with E-state index in [0.717, 1.165) is 0 Å². The first-order valence-electron chi connectivity index (χ1n) is 5.33. The van der Waals surface area contributed by atoms with Crippen molar-refractivity contribution in [3.05, 3.63) is 11.4 Å². The van der Waals surface area contributed by atoms with Gasteiger partial charge in [-0.05, 0) is 6.92 Å². The second kappa shape index (κ2) is 5.72. The third-order valence-electron chi connectivity index (χ3n) is 2.39. The highest BCUT2D eigenvalue weighted by Crippen LogP contribution is 2.22. The van der Waals surface area contributed by atoms with E-state index in [4.69, 9.17) is 5.84 Å². The van der Waals surface area contributed by atoms with E-state index in [9.17, 15) is 8.78 Å². The molecular weight excluding hydrogens is 228 g/mol. The molecule has 0 unspecified atom stereocenters. The zero-order chi connectivity index (χ0) is 13.0. The summed E-state index contributed by atoms with van der Waals surface area (Å²) in [6.07, 6.45) is -1.79. The van der Waals surface area contributed by atoms with Gasteiger partial charge in [0.05, 0.1) is 6.54 Å². The number of aryl methyl sites for hydroxylation is 1. The molecule has 96 valence electrons. The summed E-state index contributed by atoms with van der Waals surface area (Å²) in [7, 11) is 1.57. The fourth-order valence-electron chi connectivity index (χ4n) is 1.51. The molecule has 0 aromatic carbocycles. The summed E-state index contributed by atoms with van der Waals surface area (Å²) in [5.74, 6) is 6.85. The lowest BCUT2D eigenvalue weighted by Crippen LogP contribution is -2.27. The molecule has 0 aliphatic carbocycles. The van der Waals surface area contributed by atoms with Crippen LogP contribution in [0.5, 0.6) is 0 Å². The van der Waals surface area contributed by atoms with Crippen LogP contribution in [0.4, 0.5) is 20.4 Å². The molecule has 1 aromatic heterocycles. The van der Waals surface area contributed by atoms with Crippen LogP contribution in [0.15, 0.2) is 0 Å². The summed E-state index contributed by atoms with van der Waals surface area (Å²) in [5.41, 5.74) is 3.11. The van der Waals surface area contributed by atoms with Gasteiger partial charge in [-0.2, -0.15) is 0 Å². The van der Waals surface area contributed by atoms with Gasteiger partial charge in [0.15, 0.2) is 0 Å². The number of nitrogens with zero attached hydrogens (tertiary/aromatic N) is 3. The Hall–Kier alpha value is -1.50. The van der Waals surface area contributed by atoms with Crippen LogP contribution >= 0.6 is 0 Å². The molecule has 0 amide bonds. The van der Waals surface area contributed by atoms with Crippen molar-refractivity contribution < 1.29 is 8.78 Å². The number of nitrogens with one attached hydrogen (secondary N) is 1. The van der Waals surface area contributed by atoms with Gasteiger partial charge in [-0.1, -0.05) is 6.92 Å². The van der Waals surface area contributed by atoms with E-state index in [1.807, 2.05) is 6.92 Å². The summed E-state index contributed by atoms with van der Waals surface area (Å²) < 4.78 is 24.7. The topological polar surface area (TPSA) is 67.1 Å². The molecule has 0 aliphatic heterocycles. The van der Waals surface area contributed by atoms with Gasteiger partial charge in [0.25, 0.3) is 6.43 Å². The van der Waals surface area contributed by atoms with Crippen molar-refractivity contribution in [3.63, 3.8) is 0 Å². The number of halogens is 2. The molecule has 3 N–H and O–H groups in total. The Morgan fingerprint density at radius 3 is 2.53 bits per heavy atom. The maximum Gasteiger partial charge on any atom is 0.255 e. The van der Waals surface area contributed by atoms with Crippen LogP contribution in [0, 0.1) is 6.92 Å². The Balaban J connectivity index is 3.12. The first-order chi connectivity index (χ1) is 7.99. The second-order valence-electron chi connectivity index (χ2n) is 3.71. The number of alkyl halides is 2. The Labute approximate surface area is 99.0 Å². The van der Waals surface area contributed by atoms with Crippen LogP contribution in [0.2, 0.25) is 0 Å². The van der Waals surface area contributed by atoms with Crippen molar-refractivity contribution in [3.8, 4) is 0 Å². The molecule has 0 saturated carbocycles. The number of nitrogens with two attached hydrogens (primary N) is 1. The average molecular weight is 245 g/mol. The molecule has 0 atom stereocenters. The van der Waals surface area contributed by atoms with Crippen molar-refractivity contribution in [1.29, 1.82) is 0 Å². The fourth-order valence-corrected chi connectivity index (χ4v) is 1.51. The van der Waals surface area contributed by atoms with Crippen LogP contribution < -0.4 is 16.2 Å². The number of hydrogen-bond acceptors (Lipinski definition) is 5. The van der Waals surface area contributed by atoms with Crippen LogP contribution in [0.1, 0.15) is 18.3 Å². The summed E-state index contributed by atoms with van der Waals surface area (Å²) in [5, 5.41) is 0.